The zero-order valence-electron chi connectivity index (χ0n) is 8.66. The number of pyridine rings is 1. The molecule has 0 amide bonds. The van der Waals surface area contributed by atoms with E-state index in [0.717, 1.165) is 0 Å². The third-order valence-electron chi connectivity index (χ3n) is 1.86. The van der Waals surface area contributed by atoms with Crippen molar-refractivity contribution >= 4 is 5.97 Å². The molecule has 0 saturated heterocycles. The van der Waals surface area contributed by atoms with Crippen LogP contribution in [0.2, 0.25) is 0 Å². The van der Waals surface area contributed by atoms with Crippen molar-refractivity contribution in [2.75, 3.05) is 0 Å². The largest absolute Gasteiger partial charge is 0.573 e. The van der Waals surface area contributed by atoms with Crippen LogP contribution < -0.4 is 4.74 Å². The summed E-state index contributed by atoms with van der Waals surface area (Å²) in [5.74, 6) is -3.43. The van der Waals surface area contributed by atoms with E-state index in [1.807, 2.05) is 0 Å². The van der Waals surface area contributed by atoms with Gasteiger partial charge in [0, 0.05) is 0 Å². The van der Waals surface area contributed by atoms with Gasteiger partial charge in [-0.25, -0.2) is 4.39 Å². The first-order valence-electron chi connectivity index (χ1n) is 4.47. The van der Waals surface area contributed by atoms with Crippen molar-refractivity contribution in [1.82, 2.24) is 4.98 Å². The van der Waals surface area contributed by atoms with Crippen LogP contribution in [0.1, 0.15) is 11.3 Å². The fraction of sp³-hybridized carbons (Fsp3) is 0.333. The minimum Gasteiger partial charge on any atom is -0.506 e. The zero-order valence-corrected chi connectivity index (χ0v) is 8.66. The fourth-order valence-electron chi connectivity index (χ4n) is 1.20. The number of aromatic nitrogens is 1. The smallest absolute Gasteiger partial charge is 0.506 e. The summed E-state index contributed by atoms with van der Waals surface area (Å²) in [6, 6.07) is 0. The topological polar surface area (TPSA) is 79.7 Å². The number of rotatable bonds is 4. The summed E-state index contributed by atoms with van der Waals surface area (Å²) < 4.78 is 52.4. The molecule has 100 valence electrons. The van der Waals surface area contributed by atoms with Crippen molar-refractivity contribution in [1.29, 1.82) is 0 Å². The number of nitrogens with zero attached hydrogens (tertiary/aromatic N) is 1. The summed E-state index contributed by atoms with van der Waals surface area (Å²) in [6.45, 7) is -1.45. The molecule has 0 aromatic carbocycles. The van der Waals surface area contributed by atoms with Gasteiger partial charge in [0.25, 0.3) is 0 Å². The normalized spacial score (nSPS) is 11.3. The molecule has 0 aliphatic carbocycles. The molecule has 1 heterocycles. The molecule has 0 aliphatic heterocycles. The van der Waals surface area contributed by atoms with Crippen LogP contribution >= 0.6 is 0 Å². The average molecular weight is 269 g/mol. The van der Waals surface area contributed by atoms with E-state index in [1.54, 1.807) is 0 Å². The highest BCUT2D eigenvalue weighted by molar-refractivity contribution is 5.71. The summed E-state index contributed by atoms with van der Waals surface area (Å²) in [7, 11) is 0. The third-order valence-corrected chi connectivity index (χ3v) is 1.86. The maximum absolute atomic E-state index is 12.6. The van der Waals surface area contributed by atoms with Crippen LogP contribution in [0.4, 0.5) is 17.6 Å². The Morgan fingerprint density at radius 3 is 2.50 bits per heavy atom. The van der Waals surface area contributed by atoms with Crippen LogP contribution in [-0.4, -0.2) is 27.5 Å². The molecule has 1 rings (SSSR count). The van der Waals surface area contributed by atoms with Crippen molar-refractivity contribution in [3.05, 3.63) is 17.5 Å². The quantitative estimate of drug-likeness (QED) is 0.814. The number of halogens is 4. The Morgan fingerprint density at radius 2 is 2.06 bits per heavy atom. The summed E-state index contributed by atoms with van der Waals surface area (Å²) in [4.78, 5) is 13.7. The van der Waals surface area contributed by atoms with E-state index in [0.29, 0.717) is 6.20 Å². The van der Waals surface area contributed by atoms with E-state index < -0.39 is 48.2 Å². The molecule has 0 bridgehead atoms. The molecule has 0 unspecified atom stereocenters. The third kappa shape index (κ3) is 3.47. The van der Waals surface area contributed by atoms with E-state index in [2.05, 4.69) is 9.72 Å². The molecule has 0 fully saturated rings. The van der Waals surface area contributed by atoms with Gasteiger partial charge in [0.15, 0.2) is 5.75 Å². The molecule has 0 spiro atoms. The monoisotopic (exact) mass is 269 g/mol. The van der Waals surface area contributed by atoms with Crippen molar-refractivity contribution in [2.45, 2.75) is 19.5 Å². The van der Waals surface area contributed by atoms with Gasteiger partial charge in [-0.1, -0.05) is 0 Å². The lowest BCUT2D eigenvalue weighted by molar-refractivity contribution is -0.275. The van der Waals surface area contributed by atoms with Gasteiger partial charge in [0.05, 0.1) is 23.9 Å². The molecular weight excluding hydrogens is 262 g/mol. The number of carboxylic acid groups (broad SMARTS) is 1. The minimum absolute atomic E-state index is 0.620. The Labute approximate surface area is 97.6 Å². The van der Waals surface area contributed by atoms with Gasteiger partial charge >= 0.3 is 12.3 Å². The number of aromatic hydroxyl groups is 1. The highest BCUT2D eigenvalue weighted by atomic mass is 19.4. The van der Waals surface area contributed by atoms with E-state index in [1.165, 1.54) is 0 Å². The van der Waals surface area contributed by atoms with Crippen LogP contribution in [0.15, 0.2) is 6.20 Å². The maximum atomic E-state index is 12.6. The molecule has 2 N–H and O–H groups in total. The molecule has 0 atom stereocenters. The Balaban J connectivity index is 3.29. The van der Waals surface area contributed by atoms with Gasteiger partial charge in [-0.3, -0.25) is 9.78 Å². The second-order valence-electron chi connectivity index (χ2n) is 3.15. The Morgan fingerprint density at radius 1 is 1.44 bits per heavy atom. The molecule has 5 nitrogen and oxygen atoms in total. The second-order valence-corrected chi connectivity index (χ2v) is 3.15. The molecule has 0 radical (unpaired) electrons. The lowest BCUT2D eigenvalue weighted by Gasteiger charge is -2.15. The average Bonchev–Trinajstić information content (AvgIpc) is 2.20. The Hall–Kier alpha value is -2.06. The lowest BCUT2D eigenvalue weighted by Crippen LogP contribution is -2.20. The van der Waals surface area contributed by atoms with E-state index in [4.69, 9.17) is 10.2 Å². The second kappa shape index (κ2) is 5.07. The SMILES string of the molecule is O=C(O)Cc1ncc(O)c(CF)c1OC(F)(F)F. The molecular formula is C9H7F4NO4. The summed E-state index contributed by atoms with van der Waals surface area (Å²) in [5.41, 5.74) is -1.41. The fourth-order valence-corrected chi connectivity index (χ4v) is 1.20. The molecule has 1 aromatic heterocycles. The van der Waals surface area contributed by atoms with Gasteiger partial charge < -0.3 is 14.9 Å². The maximum Gasteiger partial charge on any atom is 0.573 e. The molecule has 0 aliphatic rings. The summed E-state index contributed by atoms with van der Waals surface area (Å²) in [6.07, 6.45) is -5.37. The van der Waals surface area contributed by atoms with Crippen LogP contribution in [0, 0.1) is 0 Å². The number of carbonyl (C=O) groups is 1. The molecule has 9 heteroatoms. The number of aliphatic carboxylic acids is 1. The first-order valence-corrected chi connectivity index (χ1v) is 4.47. The zero-order chi connectivity index (χ0) is 13.9. The van der Waals surface area contributed by atoms with Gasteiger partial charge in [0.1, 0.15) is 12.4 Å². The van der Waals surface area contributed by atoms with E-state index in [9.17, 15) is 22.4 Å². The van der Waals surface area contributed by atoms with Gasteiger partial charge in [0.2, 0.25) is 0 Å². The minimum atomic E-state index is -5.15. The number of hydrogen-bond acceptors (Lipinski definition) is 4. The van der Waals surface area contributed by atoms with Crippen LogP contribution in [0.3, 0.4) is 0 Å². The molecule has 1 aromatic rings. The van der Waals surface area contributed by atoms with Crippen molar-refractivity contribution in [3.8, 4) is 11.5 Å². The number of hydrogen-bond donors (Lipinski definition) is 2. The van der Waals surface area contributed by atoms with Crippen LogP contribution in [-0.2, 0) is 17.9 Å². The van der Waals surface area contributed by atoms with Crippen molar-refractivity contribution in [3.63, 3.8) is 0 Å². The number of alkyl halides is 4. The van der Waals surface area contributed by atoms with E-state index >= 15 is 0 Å². The standard InChI is InChI=1S/C9H7F4NO4/c10-2-4-6(15)3-14-5(1-7(16)17)8(4)18-9(11,12)13/h3,15H,1-2H2,(H,16,17). The van der Waals surface area contributed by atoms with Gasteiger partial charge in [-0.05, 0) is 0 Å². The Bertz CT molecular complexity index is 461. The number of carboxylic acids is 1. The predicted molar refractivity (Wildman–Crippen MR) is 48.7 cm³/mol. The highest BCUT2D eigenvalue weighted by Crippen LogP contribution is 2.34. The number of ether oxygens (including phenoxy) is 1. The summed E-state index contributed by atoms with van der Waals surface area (Å²) in [5, 5.41) is 17.6. The summed E-state index contributed by atoms with van der Waals surface area (Å²) >= 11 is 0. The first-order chi connectivity index (χ1) is 8.24. The predicted octanol–water partition coefficient (Wildman–Crippen LogP) is 1.78. The van der Waals surface area contributed by atoms with Gasteiger partial charge in [-0.2, -0.15) is 0 Å². The van der Waals surface area contributed by atoms with Crippen molar-refractivity contribution in [2.24, 2.45) is 0 Å². The van der Waals surface area contributed by atoms with Crippen molar-refractivity contribution < 1.29 is 37.3 Å². The van der Waals surface area contributed by atoms with E-state index in [-0.39, 0.29) is 0 Å². The van der Waals surface area contributed by atoms with Crippen LogP contribution in [0.25, 0.3) is 0 Å². The molecule has 0 saturated carbocycles. The highest BCUT2D eigenvalue weighted by Gasteiger charge is 2.34. The first kappa shape index (κ1) is 14.0. The van der Waals surface area contributed by atoms with Gasteiger partial charge in [-0.15, -0.1) is 13.2 Å². The molecule has 18 heavy (non-hydrogen) atoms. The Kier molecular flexibility index (Phi) is 3.94. The lowest BCUT2D eigenvalue weighted by atomic mass is 10.1. The van der Waals surface area contributed by atoms with Crippen LogP contribution in [0.5, 0.6) is 11.5 Å².